The van der Waals surface area contributed by atoms with Gasteiger partial charge in [0.15, 0.2) is 18.0 Å². The summed E-state index contributed by atoms with van der Waals surface area (Å²) in [4.78, 5) is 15.6. The van der Waals surface area contributed by atoms with Crippen molar-refractivity contribution in [3.63, 3.8) is 0 Å². The number of nitrogens with zero attached hydrogens (tertiary/aromatic N) is 3. The number of ether oxygens (including phenoxy) is 2. The number of aromatic amines is 1. The summed E-state index contributed by atoms with van der Waals surface area (Å²) >= 11 is 0. The highest BCUT2D eigenvalue weighted by Gasteiger charge is 2.29. The topological polar surface area (TPSA) is 72.9 Å². The SMILES string of the molecule is COc1ccnc(CCc2nc3c(OCC(F)(F)F)ccnc3[nH]2)c1. The van der Waals surface area contributed by atoms with E-state index in [1.807, 2.05) is 6.07 Å². The smallest absolute Gasteiger partial charge is 0.422 e. The van der Waals surface area contributed by atoms with E-state index in [1.54, 1.807) is 19.4 Å². The number of halogens is 3. The summed E-state index contributed by atoms with van der Waals surface area (Å²) in [5.41, 5.74) is 1.48. The molecule has 0 atom stereocenters. The first-order chi connectivity index (χ1) is 11.9. The molecule has 0 unspecified atom stereocenters. The van der Waals surface area contributed by atoms with Crippen molar-refractivity contribution >= 4 is 11.2 Å². The number of alkyl halides is 3. The quantitative estimate of drug-likeness (QED) is 0.738. The zero-order valence-electron chi connectivity index (χ0n) is 13.3. The van der Waals surface area contributed by atoms with Crippen molar-refractivity contribution in [1.82, 2.24) is 19.9 Å². The number of hydrogen-bond donors (Lipinski definition) is 1. The first-order valence-electron chi connectivity index (χ1n) is 7.46. The molecular formula is C16H15F3N4O2. The van der Waals surface area contributed by atoms with Crippen molar-refractivity contribution < 1.29 is 22.6 Å². The Bertz CT molecular complexity index is 864. The fourth-order valence-electron chi connectivity index (χ4n) is 2.30. The Kier molecular flexibility index (Phi) is 4.73. The summed E-state index contributed by atoms with van der Waals surface area (Å²) in [7, 11) is 1.58. The fourth-order valence-corrected chi connectivity index (χ4v) is 2.30. The minimum absolute atomic E-state index is 0.0457. The Hall–Kier alpha value is -2.84. The van der Waals surface area contributed by atoms with E-state index in [0.29, 0.717) is 30.1 Å². The van der Waals surface area contributed by atoms with E-state index in [9.17, 15) is 13.2 Å². The van der Waals surface area contributed by atoms with Crippen LogP contribution >= 0.6 is 0 Å². The van der Waals surface area contributed by atoms with Gasteiger partial charge >= 0.3 is 6.18 Å². The maximum Gasteiger partial charge on any atom is 0.422 e. The zero-order valence-corrected chi connectivity index (χ0v) is 13.3. The van der Waals surface area contributed by atoms with E-state index >= 15 is 0 Å². The second kappa shape index (κ2) is 6.96. The lowest BCUT2D eigenvalue weighted by molar-refractivity contribution is -0.153. The molecule has 3 aromatic rings. The number of fused-ring (bicyclic) bond motifs is 1. The minimum atomic E-state index is -4.41. The van der Waals surface area contributed by atoms with Crippen LogP contribution in [0.25, 0.3) is 11.2 Å². The highest BCUT2D eigenvalue weighted by molar-refractivity contribution is 5.77. The summed E-state index contributed by atoms with van der Waals surface area (Å²) in [6.07, 6.45) is -0.269. The van der Waals surface area contributed by atoms with Gasteiger partial charge in [-0.3, -0.25) is 4.98 Å². The predicted octanol–water partition coefficient (Wildman–Crippen LogP) is 3.09. The number of aryl methyl sites for hydroxylation is 2. The van der Waals surface area contributed by atoms with Gasteiger partial charge in [0.25, 0.3) is 0 Å². The number of pyridine rings is 2. The van der Waals surface area contributed by atoms with E-state index in [1.165, 1.54) is 12.3 Å². The van der Waals surface area contributed by atoms with Gasteiger partial charge in [-0.1, -0.05) is 0 Å². The normalized spacial score (nSPS) is 11.7. The third-order valence-corrected chi connectivity index (χ3v) is 3.43. The van der Waals surface area contributed by atoms with Crippen molar-refractivity contribution in [1.29, 1.82) is 0 Å². The number of hydrogen-bond acceptors (Lipinski definition) is 5. The summed E-state index contributed by atoms with van der Waals surface area (Å²) in [6, 6.07) is 4.93. The molecule has 9 heteroatoms. The van der Waals surface area contributed by atoms with Gasteiger partial charge in [0, 0.05) is 36.6 Å². The van der Waals surface area contributed by atoms with Gasteiger partial charge in [-0.25, -0.2) is 9.97 Å². The Morgan fingerprint density at radius 1 is 1.12 bits per heavy atom. The Balaban J connectivity index is 1.74. The monoisotopic (exact) mass is 352 g/mol. The van der Waals surface area contributed by atoms with Gasteiger partial charge in [0.2, 0.25) is 0 Å². The average molecular weight is 352 g/mol. The van der Waals surface area contributed by atoms with E-state index < -0.39 is 12.8 Å². The highest BCUT2D eigenvalue weighted by Crippen LogP contribution is 2.25. The van der Waals surface area contributed by atoms with Crippen LogP contribution in [0.4, 0.5) is 13.2 Å². The molecule has 0 fully saturated rings. The van der Waals surface area contributed by atoms with Crippen molar-refractivity contribution in [2.24, 2.45) is 0 Å². The molecule has 0 saturated heterocycles. The fraction of sp³-hybridized carbons (Fsp3) is 0.312. The van der Waals surface area contributed by atoms with E-state index in [0.717, 1.165) is 5.69 Å². The molecule has 132 valence electrons. The lowest BCUT2D eigenvalue weighted by Crippen LogP contribution is -2.19. The van der Waals surface area contributed by atoms with Crippen LogP contribution in [0, 0.1) is 0 Å². The largest absolute Gasteiger partial charge is 0.497 e. The lowest BCUT2D eigenvalue weighted by Gasteiger charge is -2.08. The molecule has 0 aliphatic heterocycles. The summed E-state index contributed by atoms with van der Waals surface area (Å²) in [6.45, 7) is -1.37. The van der Waals surface area contributed by atoms with Crippen molar-refractivity contribution in [3.8, 4) is 11.5 Å². The lowest BCUT2D eigenvalue weighted by atomic mass is 10.2. The summed E-state index contributed by atoms with van der Waals surface area (Å²) < 4.78 is 46.9. The van der Waals surface area contributed by atoms with Crippen LogP contribution in [0.1, 0.15) is 11.5 Å². The molecule has 0 spiro atoms. The van der Waals surface area contributed by atoms with Crippen LogP contribution in [0.2, 0.25) is 0 Å². The maximum absolute atomic E-state index is 12.3. The molecule has 1 N–H and O–H groups in total. The second-order valence-electron chi connectivity index (χ2n) is 5.28. The molecule has 3 heterocycles. The molecule has 25 heavy (non-hydrogen) atoms. The molecule has 0 amide bonds. The van der Waals surface area contributed by atoms with Crippen molar-refractivity contribution in [3.05, 3.63) is 42.1 Å². The van der Waals surface area contributed by atoms with Crippen molar-refractivity contribution in [2.45, 2.75) is 19.0 Å². The molecule has 0 aromatic carbocycles. The third kappa shape index (κ3) is 4.37. The van der Waals surface area contributed by atoms with Crippen LogP contribution in [0.15, 0.2) is 30.6 Å². The number of aromatic nitrogens is 4. The maximum atomic E-state index is 12.3. The van der Waals surface area contributed by atoms with Gasteiger partial charge < -0.3 is 14.5 Å². The number of rotatable bonds is 6. The number of H-pyrrole nitrogens is 1. The van der Waals surface area contributed by atoms with Crippen molar-refractivity contribution in [2.75, 3.05) is 13.7 Å². The molecule has 0 saturated carbocycles. The minimum Gasteiger partial charge on any atom is -0.497 e. The molecular weight excluding hydrogens is 337 g/mol. The van der Waals surface area contributed by atoms with Gasteiger partial charge in [-0.05, 0) is 12.5 Å². The summed E-state index contributed by atoms with van der Waals surface area (Å²) in [5, 5.41) is 0. The standard InChI is InChI=1S/C16H15F3N4O2/c1-24-11-4-6-20-10(8-11)2-3-13-22-14-12(25-9-16(17,18)19)5-7-21-15(14)23-13/h4-8H,2-3,9H2,1H3,(H,21,22,23). The van der Waals surface area contributed by atoms with Crippen LogP contribution < -0.4 is 9.47 Å². The Morgan fingerprint density at radius 3 is 2.68 bits per heavy atom. The molecule has 0 radical (unpaired) electrons. The highest BCUT2D eigenvalue weighted by atomic mass is 19.4. The van der Waals surface area contributed by atoms with Gasteiger partial charge in [0.1, 0.15) is 17.1 Å². The van der Waals surface area contributed by atoms with Gasteiger partial charge in [-0.2, -0.15) is 13.2 Å². The molecule has 3 rings (SSSR count). The van der Waals surface area contributed by atoms with Crippen LogP contribution in [-0.2, 0) is 12.8 Å². The molecule has 0 bridgehead atoms. The van der Waals surface area contributed by atoms with Crippen LogP contribution in [-0.4, -0.2) is 39.8 Å². The Morgan fingerprint density at radius 2 is 1.92 bits per heavy atom. The molecule has 0 aliphatic rings. The first-order valence-corrected chi connectivity index (χ1v) is 7.46. The predicted molar refractivity (Wildman–Crippen MR) is 83.6 cm³/mol. The molecule has 6 nitrogen and oxygen atoms in total. The van der Waals surface area contributed by atoms with E-state index in [-0.39, 0.29) is 11.3 Å². The first kappa shape index (κ1) is 17.0. The number of methoxy groups -OCH3 is 1. The zero-order chi connectivity index (χ0) is 17.9. The van der Waals surface area contributed by atoms with Crippen LogP contribution in [0.3, 0.4) is 0 Å². The second-order valence-corrected chi connectivity index (χ2v) is 5.28. The Labute approximate surface area is 141 Å². The van der Waals surface area contributed by atoms with Gasteiger partial charge in [0.05, 0.1) is 7.11 Å². The van der Waals surface area contributed by atoms with E-state index in [4.69, 9.17) is 9.47 Å². The molecule has 3 aromatic heterocycles. The average Bonchev–Trinajstić information content (AvgIpc) is 3.01. The van der Waals surface area contributed by atoms with Gasteiger partial charge in [-0.15, -0.1) is 0 Å². The third-order valence-electron chi connectivity index (χ3n) is 3.43. The van der Waals surface area contributed by atoms with E-state index in [2.05, 4.69) is 19.9 Å². The number of imidazole rings is 1. The number of nitrogens with one attached hydrogen (secondary N) is 1. The molecule has 0 aliphatic carbocycles. The van der Waals surface area contributed by atoms with Crippen LogP contribution in [0.5, 0.6) is 11.5 Å². The summed E-state index contributed by atoms with van der Waals surface area (Å²) in [5.74, 6) is 1.35.